The molecule has 4 heterocycles. The lowest BCUT2D eigenvalue weighted by Gasteiger charge is -2.36. The lowest BCUT2D eigenvalue weighted by atomic mass is 9.97. The minimum absolute atomic E-state index is 0.0866. The molecule has 1 saturated heterocycles. The van der Waals surface area contributed by atoms with Gasteiger partial charge in [0.05, 0.1) is 10.2 Å². The quantitative estimate of drug-likeness (QED) is 0.230. The van der Waals surface area contributed by atoms with E-state index in [1.165, 1.54) is 0 Å². The van der Waals surface area contributed by atoms with Crippen molar-refractivity contribution in [3.8, 4) is 22.4 Å². The van der Waals surface area contributed by atoms with E-state index in [9.17, 15) is 4.79 Å². The molecule has 1 fully saturated rings. The second-order valence-corrected chi connectivity index (χ2v) is 10.9. The molecule has 0 amide bonds. The van der Waals surface area contributed by atoms with Crippen LogP contribution in [0.3, 0.4) is 0 Å². The highest BCUT2D eigenvalue weighted by Crippen LogP contribution is 2.44. The number of benzene rings is 3. The van der Waals surface area contributed by atoms with Gasteiger partial charge in [-0.15, -0.1) is 21.5 Å². The standard InChI is InChI=1S/C32H26N6OS/c1-21(39)22-12-14-25(15-13-22)37-16-18-38(19-17-37)31-30-29(33-20-34-31)27-26(23-8-4-2-5-9-23)28(35-36-32(27)40-30)24-10-6-3-7-11-24/h2-15,20H,16-19H2,1H3. The zero-order valence-electron chi connectivity index (χ0n) is 22.0. The number of nitrogens with zero attached hydrogens (tertiary/aromatic N) is 6. The third-order valence-electron chi connectivity index (χ3n) is 7.49. The number of hydrogen-bond acceptors (Lipinski definition) is 8. The van der Waals surface area contributed by atoms with Crippen LogP contribution in [0.15, 0.2) is 91.3 Å². The molecule has 8 heteroatoms. The first kappa shape index (κ1) is 24.4. The Morgan fingerprint density at radius 3 is 2.08 bits per heavy atom. The minimum atomic E-state index is 0.0866. The predicted molar refractivity (Wildman–Crippen MR) is 162 cm³/mol. The summed E-state index contributed by atoms with van der Waals surface area (Å²) in [4.78, 5) is 26.8. The van der Waals surface area contributed by atoms with Crippen molar-refractivity contribution < 1.29 is 4.79 Å². The van der Waals surface area contributed by atoms with Gasteiger partial charge in [-0.3, -0.25) is 4.79 Å². The predicted octanol–water partition coefficient (Wildman–Crippen LogP) is 6.50. The van der Waals surface area contributed by atoms with Gasteiger partial charge >= 0.3 is 0 Å². The van der Waals surface area contributed by atoms with Gasteiger partial charge in [0.2, 0.25) is 0 Å². The summed E-state index contributed by atoms with van der Waals surface area (Å²) < 4.78 is 1.04. The molecule has 3 aromatic heterocycles. The Morgan fingerprint density at radius 2 is 1.40 bits per heavy atom. The second kappa shape index (κ2) is 10.1. The summed E-state index contributed by atoms with van der Waals surface area (Å²) in [6.07, 6.45) is 1.67. The monoisotopic (exact) mass is 542 g/mol. The molecule has 0 unspecified atom stereocenters. The summed E-state index contributed by atoms with van der Waals surface area (Å²) in [5.41, 5.74) is 6.80. The van der Waals surface area contributed by atoms with E-state index in [0.717, 1.165) is 86.1 Å². The van der Waals surface area contributed by atoms with Gasteiger partial charge in [-0.05, 0) is 36.8 Å². The largest absolute Gasteiger partial charge is 0.368 e. The molecule has 40 heavy (non-hydrogen) atoms. The third-order valence-corrected chi connectivity index (χ3v) is 8.55. The van der Waals surface area contributed by atoms with Crippen LogP contribution >= 0.6 is 11.3 Å². The summed E-state index contributed by atoms with van der Waals surface area (Å²) in [5.74, 6) is 1.03. The molecule has 0 radical (unpaired) electrons. The Bertz CT molecular complexity index is 1830. The van der Waals surface area contributed by atoms with E-state index >= 15 is 0 Å². The molecule has 7 nitrogen and oxygen atoms in total. The van der Waals surface area contributed by atoms with Crippen LogP contribution in [0.1, 0.15) is 17.3 Å². The fraction of sp³-hybridized carbons (Fsp3) is 0.156. The summed E-state index contributed by atoms with van der Waals surface area (Å²) in [5, 5.41) is 10.4. The van der Waals surface area contributed by atoms with Crippen LogP contribution in [0.4, 0.5) is 11.5 Å². The number of thiophene rings is 1. The fourth-order valence-electron chi connectivity index (χ4n) is 5.44. The maximum absolute atomic E-state index is 11.7. The van der Waals surface area contributed by atoms with E-state index in [-0.39, 0.29) is 5.78 Å². The van der Waals surface area contributed by atoms with E-state index in [1.54, 1.807) is 24.6 Å². The van der Waals surface area contributed by atoms with Gasteiger partial charge in [-0.1, -0.05) is 60.7 Å². The van der Waals surface area contributed by atoms with Gasteiger partial charge in [0.15, 0.2) is 5.78 Å². The van der Waals surface area contributed by atoms with Crippen molar-refractivity contribution in [2.75, 3.05) is 36.0 Å². The van der Waals surface area contributed by atoms with E-state index in [4.69, 9.17) is 15.1 Å². The van der Waals surface area contributed by atoms with Gasteiger partial charge in [0.25, 0.3) is 0 Å². The number of anilines is 2. The van der Waals surface area contributed by atoms with Crippen LogP contribution in [0.5, 0.6) is 0 Å². The first-order chi connectivity index (χ1) is 19.7. The van der Waals surface area contributed by atoms with Crippen LogP contribution < -0.4 is 9.80 Å². The average Bonchev–Trinajstić information content (AvgIpc) is 3.41. The maximum atomic E-state index is 11.7. The summed E-state index contributed by atoms with van der Waals surface area (Å²) in [6, 6.07) is 28.5. The van der Waals surface area contributed by atoms with E-state index < -0.39 is 0 Å². The molecule has 0 atom stereocenters. The van der Waals surface area contributed by atoms with Gasteiger partial charge in [0.1, 0.15) is 22.7 Å². The number of Topliss-reactive ketones (excluding diaryl/α,β-unsaturated/α-hetero) is 1. The van der Waals surface area contributed by atoms with E-state index in [2.05, 4.69) is 51.3 Å². The smallest absolute Gasteiger partial charge is 0.159 e. The van der Waals surface area contributed by atoms with Crippen molar-refractivity contribution in [2.24, 2.45) is 0 Å². The van der Waals surface area contributed by atoms with Gasteiger partial charge in [-0.25, -0.2) is 9.97 Å². The second-order valence-electron chi connectivity index (χ2n) is 9.89. The van der Waals surface area contributed by atoms with Crippen LogP contribution in [0.2, 0.25) is 0 Å². The van der Waals surface area contributed by atoms with Gasteiger partial charge in [-0.2, -0.15) is 0 Å². The van der Waals surface area contributed by atoms with Crippen LogP contribution in [0, 0.1) is 0 Å². The van der Waals surface area contributed by atoms with Crippen molar-refractivity contribution in [2.45, 2.75) is 6.92 Å². The first-order valence-electron chi connectivity index (χ1n) is 13.3. The molecule has 1 aliphatic rings. The summed E-state index contributed by atoms with van der Waals surface area (Å²) in [6.45, 7) is 5.00. The Hall–Kier alpha value is -4.69. The molecule has 0 saturated carbocycles. The highest BCUT2D eigenvalue weighted by Gasteiger charge is 2.25. The SMILES string of the molecule is CC(=O)c1ccc(N2CCN(c3ncnc4c3sc3nnc(-c5ccccc5)c(-c5ccccc5)c34)CC2)cc1. The number of rotatable bonds is 5. The summed E-state index contributed by atoms with van der Waals surface area (Å²) in [7, 11) is 0. The van der Waals surface area contributed by atoms with E-state index in [0.29, 0.717) is 0 Å². The Labute approximate surface area is 235 Å². The Kier molecular flexibility index (Phi) is 6.17. The number of ketones is 1. The molecular weight excluding hydrogens is 516 g/mol. The topological polar surface area (TPSA) is 75.1 Å². The molecule has 0 aliphatic carbocycles. The first-order valence-corrected chi connectivity index (χ1v) is 14.1. The lowest BCUT2D eigenvalue weighted by molar-refractivity contribution is 0.101. The maximum Gasteiger partial charge on any atom is 0.159 e. The molecule has 3 aromatic carbocycles. The number of aromatic nitrogens is 4. The molecule has 7 rings (SSSR count). The average molecular weight is 543 g/mol. The Balaban J connectivity index is 1.28. The summed E-state index contributed by atoms with van der Waals surface area (Å²) >= 11 is 1.61. The number of fused-ring (bicyclic) bond motifs is 3. The minimum Gasteiger partial charge on any atom is -0.368 e. The number of piperazine rings is 1. The van der Waals surface area contributed by atoms with Crippen LogP contribution in [0.25, 0.3) is 42.8 Å². The molecule has 0 spiro atoms. The molecule has 0 bridgehead atoms. The highest BCUT2D eigenvalue weighted by molar-refractivity contribution is 7.26. The van der Waals surface area contributed by atoms with Crippen molar-refractivity contribution in [3.05, 3.63) is 96.8 Å². The van der Waals surface area contributed by atoms with Crippen LogP contribution in [-0.2, 0) is 0 Å². The zero-order valence-corrected chi connectivity index (χ0v) is 22.8. The molecule has 1 aliphatic heterocycles. The normalized spacial score (nSPS) is 13.7. The number of hydrogen-bond donors (Lipinski definition) is 0. The number of carbonyl (C=O) groups excluding carboxylic acids is 1. The van der Waals surface area contributed by atoms with Crippen molar-refractivity contribution in [1.82, 2.24) is 20.2 Å². The third kappa shape index (κ3) is 4.26. The zero-order chi connectivity index (χ0) is 27.1. The van der Waals surface area contributed by atoms with Crippen molar-refractivity contribution in [3.63, 3.8) is 0 Å². The molecule has 6 aromatic rings. The fourth-order valence-corrected chi connectivity index (χ4v) is 6.54. The molecule has 0 N–H and O–H groups in total. The molecule has 196 valence electrons. The highest BCUT2D eigenvalue weighted by atomic mass is 32.1. The Morgan fingerprint density at radius 1 is 0.750 bits per heavy atom. The van der Waals surface area contributed by atoms with Crippen molar-refractivity contribution in [1.29, 1.82) is 0 Å². The number of carbonyl (C=O) groups is 1. The van der Waals surface area contributed by atoms with Crippen molar-refractivity contribution >= 4 is 49.1 Å². The van der Waals surface area contributed by atoms with Gasteiger partial charge in [0, 0.05) is 53.9 Å². The molecular formula is C32H26N6OS. The van der Waals surface area contributed by atoms with Gasteiger partial charge < -0.3 is 9.80 Å². The van der Waals surface area contributed by atoms with Crippen LogP contribution in [-0.4, -0.2) is 52.1 Å². The van der Waals surface area contributed by atoms with E-state index in [1.807, 2.05) is 48.5 Å². The lowest BCUT2D eigenvalue weighted by Crippen LogP contribution is -2.46.